The van der Waals surface area contributed by atoms with Crippen LogP contribution >= 0.6 is 22.7 Å². The molecule has 1 aliphatic carbocycles. The van der Waals surface area contributed by atoms with E-state index in [1.807, 2.05) is 23.6 Å². The van der Waals surface area contributed by atoms with E-state index in [0.717, 1.165) is 46.4 Å². The highest BCUT2D eigenvalue weighted by molar-refractivity contribution is 7.21. The van der Waals surface area contributed by atoms with E-state index < -0.39 is 0 Å². The molecule has 33 heavy (non-hydrogen) atoms. The van der Waals surface area contributed by atoms with Gasteiger partial charge in [-0.1, -0.05) is 6.92 Å². The van der Waals surface area contributed by atoms with E-state index in [-0.39, 0.29) is 5.91 Å². The zero-order valence-electron chi connectivity index (χ0n) is 18.6. The van der Waals surface area contributed by atoms with Gasteiger partial charge in [-0.05, 0) is 55.0 Å². The average molecular weight is 481 g/mol. The van der Waals surface area contributed by atoms with Crippen LogP contribution in [0.4, 0.5) is 10.8 Å². The van der Waals surface area contributed by atoms with Gasteiger partial charge in [0.25, 0.3) is 5.91 Å². The maximum absolute atomic E-state index is 13.0. The number of amides is 1. The van der Waals surface area contributed by atoms with Crippen molar-refractivity contribution in [2.24, 2.45) is 5.92 Å². The SMILES string of the molecule is COc1ccc(-c2csc(NC(=O)c3sc4nc5c(cc4c3N)CC(C)CC5)n2)cc1OC. The molecule has 7 nitrogen and oxygen atoms in total. The largest absolute Gasteiger partial charge is 0.493 e. The summed E-state index contributed by atoms with van der Waals surface area (Å²) in [6.45, 7) is 2.26. The van der Waals surface area contributed by atoms with Crippen molar-refractivity contribution in [2.75, 3.05) is 25.3 Å². The van der Waals surface area contributed by atoms with Gasteiger partial charge in [0.15, 0.2) is 16.6 Å². The van der Waals surface area contributed by atoms with Crippen LogP contribution in [0.1, 0.15) is 34.3 Å². The molecule has 3 N–H and O–H groups in total. The number of anilines is 2. The van der Waals surface area contributed by atoms with E-state index in [9.17, 15) is 4.79 Å². The number of aryl methyl sites for hydroxylation is 1. The Kier molecular flexibility index (Phi) is 5.67. The van der Waals surface area contributed by atoms with Gasteiger partial charge in [0, 0.05) is 22.0 Å². The maximum Gasteiger partial charge on any atom is 0.269 e. The molecule has 170 valence electrons. The number of nitrogens with one attached hydrogen (secondary N) is 1. The second-order valence-corrected chi connectivity index (χ2v) is 10.1. The Hall–Kier alpha value is -3.17. The lowest BCUT2D eigenvalue weighted by atomic mass is 9.87. The van der Waals surface area contributed by atoms with Crippen molar-refractivity contribution < 1.29 is 14.3 Å². The zero-order valence-corrected chi connectivity index (χ0v) is 20.2. The van der Waals surface area contributed by atoms with E-state index in [0.29, 0.717) is 33.1 Å². The Morgan fingerprint density at radius 2 is 2.00 bits per heavy atom. The van der Waals surface area contributed by atoms with Gasteiger partial charge < -0.3 is 15.2 Å². The first kappa shape index (κ1) is 21.7. The van der Waals surface area contributed by atoms with Crippen molar-refractivity contribution in [3.05, 3.63) is 45.8 Å². The summed E-state index contributed by atoms with van der Waals surface area (Å²) in [4.78, 5) is 23.7. The molecular formula is C24H24N4O3S2. The lowest BCUT2D eigenvalue weighted by Gasteiger charge is -2.20. The molecule has 1 aliphatic rings. The lowest BCUT2D eigenvalue weighted by molar-refractivity contribution is 0.103. The van der Waals surface area contributed by atoms with E-state index in [1.54, 1.807) is 14.2 Å². The second kappa shape index (κ2) is 8.64. The van der Waals surface area contributed by atoms with E-state index in [1.165, 1.54) is 28.2 Å². The van der Waals surface area contributed by atoms with Crippen molar-refractivity contribution >= 4 is 49.6 Å². The Morgan fingerprint density at radius 3 is 2.79 bits per heavy atom. The van der Waals surface area contributed by atoms with Crippen LogP contribution in [-0.4, -0.2) is 30.1 Å². The number of hydrogen-bond donors (Lipinski definition) is 2. The summed E-state index contributed by atoms with van der Waals surface area (Å²) in [6, 6.07) is 7.71. The number of carbonyl (C=O) groups excluding carboxylic acids is 1. The molecule has 3 heterocycles. The molecule has 4 aromatic rings. The molecule has 1 aromatic carbocycles. The molecule has 0 spiro atoms. The van der Waals surface area contributed by atoms with Crippen molar-refractivity contribution in [3.63, 3.8) is 0 Å². The van der Waals surface area contributed by atoms with E-state index in [4.69, 9.17) is 20.2 Å². The van der Waals surface area contributed by atoms with Crippen LogP contribution < -0.4 is 20.5 Å². The summed E-state index contributed by atoms with van der Waals surface area (Å²) < 4.78 is 10.7. The molecule has 0 saturated carbocycles. The third-order valence-electron chi connectivity index (χ3n) is 5.94. The smallest absolute Gasteiger partial charge is 0.269 e. The number of nitrogen functional groups attached to an aromatic ring is 1. The number of pyridine rings is 1. The van der Waals surface area contributed by atoms with Crippen LogP contribution in [0.5, 0.6) is 11.5 Å². The maximum atomic E-state index is 13.0. The fourth-order valence-electron chi connectivity index (χ4n) is 4.15. The number of thiophene rings is 1. The van der Waals surface area contributed by atoms with Gasteiger partial charge in [-0.3, -0.25) is 10.1 Å². The Bertz CT molecular complexity index is 1360. The van der Waals surface area contributed by atoms with Crippen LogP contribution in [0.25, 0.3) is 21.5 Å². The molecule has 0 radical (unpaired) electrons. The molecule has 0 saturated heterocycles. The van der Waals surface area contributed by atoms with Crippen LogP contribution in [0, 0.1) is 5.92 Å². The fourth-order valence-corrected chi connectivity index (χ4v) is 5.86. The zero-order chi connectivity index (χ0) is 23.1. The van der Waals surface area contributed by atoms with Crippen molar-refractivity contribution in [1.82, 2.24) is 9.97 Å². The number of carbonyl (C=O) groups is 1. The first-order valence-electron chi connectivity index (χ1n) is 10.7. The lowest BCUT2D eigenvalue weighted by Crippen LogP contribution is -2.12. The normalized spacial score (nSPS) is 15.3. The standard InChI is InChI=1S/C24H24N4O3S2/c1-12-4-6-16-14(8-12)9-15-20(25)21(33-23(15)26-16)22(29)28-24-27-17(11-32-24)13-5-7-18(30-2)19(10-13)31-3/h5,7,9-12H,4,6,8,25H2,1-3H3,(H,27,28,29). The number of ether oxygens (including phenoxy) is 2. The van der Waals surface area contributed by atoms with E-state index >= 15 is 0 Å². The monoisotopic (exact) mass is 480 g/mol. The summed E-state index contributed by atoms with van der Waals surface area (Å²) in [5, 5.41) is 6.15. The number of nitrogens with two attached hydrogens (primary N) is 1. The summed E-state index contributed by atoms with van der Waals surface area (Å²) in [5.41, 5.74) is 10.9. The van der Waals surface area contributed by atoms with Gasteiger partial charge in [-0.15, -0.1) is 22.7 Å². The fraction of sp³-hybridized carbons (Fsp3) is 0.292. The number of benzene rings is 1. The predicted molar refractivity (Wildman–Crippen MR) is 134 cm³/mol. The minimum absolute atomic E-state index is 0.268. The highest BCUT2D eigenvalue weighted by atomic mass is 32.1. The quantitative estimate of drug-likeness (QED) is 0.397. The van der Waals surface area contributed by atoms with Crippen LogP contribution in [0.15, 0.2) is 29.6 Å². The first-order valence-corrected chi connectivity index (χ1v) is 12.4. The number of rotatable bonds is 5. The van der Waals surface area contributed by atoms with Gasteiger partial charge in [0.1, 0.15) is 9.71 Å². The van der Waals surface area contributed by atoms with Crippen LogP contribution in [-0.2, 0) is 12.8 Å². The molecule has 1 unspecified atom stereocenters. The highest BCUT2D eigenvalue weighted by Crippen LogP contribution is 2.37. The molecule has 5 rings (SSSR count). The van der Waals surface area contributed by atoms with Gasteiger partial charge in [-0.2, -0.15) is 0 Å². The van der Waals surface area contributed by atoms with E-state index in [2.05, 4.69) is 23.3 Å². The third kappa shape index (κ3) is 4.02. The minimum Gasteiger partial charge on any atom is -0.493 e. The number of thiazole rings is 1. The van der Waals surface area contributed by atoms with Gasteiger partial charge in [-0.25, -0.2) is 9.97 Å². The molecule has 0 bridgehead atoms. The number of methoxy groups -OCH3 is 2. The number of aromatic nitrogens is 2. The van der Waals surface area contributed by atoms with Crippen molar-refractivity contribution in [3.8, 4) is 22.8 Å². The number of nitrogens with zero attached hydrogens (tertiary/aromatic N) is 2. The molecule has 0 aliphatic heterocycles. The Labute approximate surface area is 199 Å². The minimum atomic E-state index is -0.268. The topological polar surface area (TPSA) is 99.4 Å². The number of hydrogen-bond acceptors (Lipinski definition) is 8. The highest BCUT2D eigenvalue weighted by Gasteiger charge is 2.23. The summed E-state index contributed by atoms with van der Waals surface area (Å²) in [6.07, 6.45) is 3.13. The third-order valence-corrected chi connectivity index (χ3v) is 7.81. The molecule has 0 fully saturated rings. The van der Waals surface area contributed by atoms with Gasteiger partial charge >= 0.3 is 0 Å². The first-order chi connectivity index (χ1) is 16.0. The predicted octanol–water partition coefficient (Wildman–Crippen LogP) is 5.40. The van der Waals surface area contributed by atoms with Crippen molar-refractivity contribution in [1.29, 1.82) is 0 Å². The van der Waals surface area contributed by atoms with Gasteiger partial charge in [0.2, 0.25) is 0 Å². The number of fused-ring (bicyclic) bond motifs is 2. The molecule has 9 heteroatoms. The van der Waals surface area contributed by atoms with Crippen LogP contribution in [0.2, 0.25) is 0 Å². The summed E-state index contributed by atoms with van der Waals surface area (Å²) in [5.74, 6) is 1.64. The molecule has 1 atom stereocenters. The molecular weight excluding hydrogens is 456 g/mol. The Morgan fingerprint density at radius 1 is 1.18 bits per heavy atom. The summed E-state index contributed by atoms with van der Waals surface area (Å²) >= 11 is 2.69. The van der Waals surface area contributed by atoms with Gasteiger partial charge in [0.05, 0.1) is 25.6 Å². The average Bonchev–Trinajstić information content (AvgIpc) is 3.41. The molecule has 1 amide bonds. The second-order valence-electron chi connectivity index (χ2n) is 8.20. The Balaban J connectivity index is 1.39. The summed E-state index contributed by atoms with van der Waals surface area (Å²) in [7, 11) is 3.19. The van der Waals surface area contributed by atoms with Crippen molar-refractivity contribution in [2.45, 2.75) is 26.2 Å². The van der Waals surface area contributed by atoms with Crippen LogP contribution in [0.3, 0.4) is 0 Å². The molecule has 3 aromatic heterocycles.